The third kappa shape index (κ3) is 5.73. The van der Waals surface area contributed by atoms with Crippen molar-refractivity contribution in [2.24, 2.45) is 11.1 Å². The van der Waals surface area contributed by atoms with Crippen molar-refractivity contribution in [3.05, 3.63) is 87.9 Å². The van der Waals surface area contributed by atoms with Gasteiger partial charge in [0, 0.05) is 23.8 Å². The van der Waals surface area contributed by atoms with Gasteiger partial charge in [-0.05, 0) is 36.5 Å². The van der Waals surface area contributed by atoms with Gasteiger partial charge in [0.2, 0.25) is 11.0 Å². The monoisotopic (exact) mass is 592 g/mol. The predicted octanol–water partition coefficient (Wildman–Crippen LogP) is 5.80. The van der Waals surface area contributed by atoms with Crippen LogP contribution >= 0.6 is 23.1 Å². The average molecular weight is 593 g/mol. The molecule has 2 aromatic carbocycles. The lowest BCUT2D eigenvalue weighted by atomic mass is 9.68. The van der Waals surface area contributed by atoms with E-state index in [2.05, 4.69) is 21.6 Å². The van der Waals surface area contributed by atoms with Crippen LogP contribution in [-0.4, -0.2) is 27.6 Å². The number of anilines is 2. The number of nitrogens with two attached hydrogens (primary N) is 1. The molecule has 41 heavy (non-hydrogen) atoms. The summed E-state index contributed by atoms with van der Waals surface area (Å²) in [5.74, 6) is -2.68. The van der Waals surface area contributed by atoms with Gasteiger partial charge in [0.15, 0.2) is 10.1 Å². The zero-order chi connectivity index (χ0) is 29.5. The Hall–Kier alpha value is -4.08. The van der Waals surface area contributed by atoms with Gasteiger partial charge in [-0.2, -0.15) is 5.26 Å². The Balaban J connectivity index is 1.46. The molecule has 1 amide bonds. The minimum atomic E-state index is -0.875. The molecule has 12 heteroatoms. The molecule has 2 heterocycles. The van der Waals surface area contributed by atoms with E-state index in [1.165, 1.54) is 0 Å². The molecule has 210 valence electrons. The number of carbonyl (C=O) groups is 2. The number of rotatable bonds is 6. The molecule has 3 N–H and O–H groups in total. The van der Waals surface area contributed by atoms with E-state index in [0.717, 1.165) is 46.4 Å². The van der Waals surface area contributed by atoms with Crippen LogP contribution < -0.4 is 16.0 Å². The van der Waals surface area contributed by atoms with Crippen LogP contribution in [0.5, 0.6) is 0 Å². The highest BCUT2D eigenvalue weighted by molar-refractivity contribution is 8.01. The summed E-state index contributed by atoms with van der Waals surface area (Å²) >= 11 is 2.24. The number of nitrogens with one attached hydrogen (secondary N) is 1. The first kappa shape index (κ1) is 28.4. The number of hydrogen-bond acceptors (Lipinski definition) is 9. The summed E-state index contributed by atoms with van der Waals surface area (Å²) in [6, 6.07) is 12.9. The Kier molecular flexibility index (Phi) is 7.68. The van der Waals surface area contributed by atoms with Crippen molar-refractivity contribution >= 4 is 45.6 Å². The topological polar surface area (TPSA) is 125 Å². The number of aromatic nitrogens is 2. The van der Waals surface area contributed by atoms with E-state index in [9.17, 15) is 23.6 Å². The smallest absolute Gasteiger partial charge is 0.234 e. The van der Waals surface area contributed by atoms with Crippen LogP contribution in [0.3, 0.4) is 0 Å². The van der Waals surface area contributed by atoms with E-state index in [4.69, 9.17) is 5.73 Å². The molecule has 0 saturated carbocycles. The quantitative estimate of drug-likeness (QED) is 0.344. The molecular formula is C29H26F2N6O2S2. The van der Waals surface area contributed by atoms with E-state index < -0.39 is 23.5 Å². The van der Waals surface area contributed by atoms with E-state index in [-0.39, 0.29) is 34.0 Å². The lowest BCUT2D eigenvalue weighted by molar-refractivity contribution is -0.118. The summed E-state index contributed by atoms with van der Waals surface area (Å²) in [5, 5.41) is 21.5. The van der Waals surface area contributed by atoms with Gasteiger partial charge in [-0.1, -0.05) is 66.8 Å². The number of carbonyl (C=O) groups excluding carboxylic acids is 2. The molecule has 0 radical (unpaired) electrons. The minimum absolute atomic E-state index is 0.0446. The largest absolute Gasteiger partial charge is 0.384 e. The maximum atomic E-state index is 13.9. The molecule has 1 atom stereocenters. The highest BCUT2D eigenvalue weighted by atomic mass is 32.2. The summed E-state index contributed by atoms with van der Waals surface area (Å²) in [4.78, 5) is 27.7. The maximum absolute atomic E-state index is 13.9. The maximum Gasteiger partial charge on any atom is 0.234 e. The Morgan fingerprint density at radius 2 is 2.02 bits per heavy atom. The van der Waals surface area contributed by atoms with Crippen molar-refractivity contribution in [2.75, 3.05) is 16.0 Å². The normalized spacial score (nSPS) is 18.3. The van der Waals surface area contributed by atoms with Gasteiger partial charge in [-0.25, -0.2) is 8.78 Å². The van der Waals surface area contributed by atoms with Crippen molar-refractivity contribution in [3.63, 3.8) is 0 Å². The van der Waals surface area contributed by atoms with Gasteiger partial charge in [0.05, 0.1) is 29.0 Å². The van der Waals surface area contributed by atoms with Crippen LogP contribution in [0.2, 0.25) is 0 Å². The number of benzene rings is 2. The number of halogens is 2. The van der Waals surface area contributed by atoms with Gasteiger partial charge >= 0.3 is 0 Å². The Labute approximate surface area is 243 Å². The van der Waals surface area contributed by atoms with E-state index in [0.29, 0.717) is 39.6 Å². The third-order valence-electron chi connectivity index (χ3n) is 6.88. The standard InChI is InChI=1S/C29H26F2N6O2S2/c1-15-5-4-6-16(9-15)24-18(13-32)26(33)37(21-11-29(2,3)12-22(38)25(21)24)27-35-36-28(41-27)40-14-23(39)34-20-8-7-17(30)10-19(20)31/h4-10,24H,11-12,14,33H2,1-3H3,(H,34,39). The van der Waals surface area contributed by atoms with Crippen LogP contribution in [0.1, 0.15) is 43.7 Å². The number of aryl methyl sites for hydroxylation is 1. The van der Waals surface area contributed by atoms with Crippen molar-refractivity contribution in [1.29, 1.82) is 5.26 Å². The summed E-state index contributed by atoms with van der Waals surface area (Å²) in [6.45, 7) is 5.98. The number of nitriles is 1. The first-order valence-corrected chi connectivity index (χ1v) is 14.5. The van der Waals surface area contributed by atoms with Crippen molar-refractivity contribution in [2.45, 2.75) is 43.9 Å². The number of hydrogen-bond donors (Lipinski definition) is 2. The van der Waals surface area contributed by atoms with Gasteiger partial charge in [0.25, 0.3) is 0 Å². The van der Waals surface area contributed by atoms with Crippen LogP contribution in [-0.2, 0) is 9.59 Å². The molecular weight excluding hydrogens is 566 g/mol. The molecule has 3 aromatic rings. The lowest BCUT2D eigenvalue weighted by Crippen LogP contribution is -2.42. The second kappa shape index (κ2) is 11.1. The molecule has 0 bridgehead atoms. The fourth-order valence-corrected chi connectivity index (χ4v) is 6.85. The van der Waals surface area contributed by atoms with Crippen molar-refractivity contribution < 1.29 is 18.4 Å². The number of amides is 1. The zero-order valence-electron chi connectivity index (χ0n) is 22.5. The second-order valence-corrected chi connectivity index (χ2v) is 12.9. The van der Waals surface area contributed by atoms with Crippen LogP contribution in [0.4, 0.5) is 19.6 Å². The molecule has 1 unspecified atom stereocenters. The van der Waals surface area contributed by atoms with Crippen LogP contribution in [0, 0.1) is 35.3 Å². The zero-order valence-corrected chi connectivity index (χ0v) is 24.1. The average Bonchev–Trinajstić information content (AvgIpc) is 3.36. The molecule has 2 aliphatic rings. The molecule has 1 aromatic heterocycles. The highest BCUT2D eigenvalue weighted by Gasteiger charge is 2.45. The molecule has 1 aliphatic heterocycles. The van der Waals surface area contributed by atoms with Crippen LogP contribution in [0.15, 0.2) is 69.5 Å². The molecule has 0 fully saturated rings. The first-order chi connectivity index (χ1) is 19.5. The third-order valence-corrected chi connectivity index (χ3v) is 8.92. The number of allylic oxidation sites excluding steroid dienone is 3. The van der Waals surface area contributed by atoms with E-state index in [1.54, 1.807) is 4.90 Å². The van der Waals surface area contributed by atoms with Gasteiger partial charge in [-0.15, -0.1) is 10.2 Å². The van der Waals surface area contributed by atoms with E-state index >= 15 is 0 Å². The number of thioether (sulfide) groups is 1. The van der Waals surface area contributed by atoms with Crippen LogP contribution in [0.25, 0.3) is 0 Å². The predicted molar refractivity (Wildman–Crippen MR) is 154 cm³/mol. The summed E-state index contributed by atoms with van der Waals surface area (Å²) < 4.78 is 27.5. The summed E-state index contributed by atoms with van der Waals surface area (Å²) in [7, 11) is 0. The SMILES string of the molecule is Cc1cccc(C2C(C#N)=C(N)N(c3nnc(SCC(=O)Nc4ccc(F)cc4F)s3)C3=C2C(=O)CC(C)(C)C3)c1. The van der Waals surface area contributed by atoms with E-state index in [1.807, 2.05) is 45.0 Å². The van der Waals surface area contributed by atoms with Crippen molar-refractivity contribution in [1.82, 2.24) is 10.2 Å². The molecule has 0 spiro atoms. The number of Topliss-reactive ketones (excluding diaryl/α,β-unsaturated/α-hetero) is 1. The fraction of sp³-hybridized carbons (Fsp3) is 0.276. The Morgan fingerprint density at radius 1 is 1.24 bits per heavy atom. The lowest BCUT2D eigenvalue weighted by Gasteiger charge is -2.42. The number of nitrogens with zero attached hydrogens (tertiary/aromatic N) is 4. The first-order valence-electron chi connectivity index (χ1n) is 12.7. The van der Waals surface area contributed by atoms with Gasteiger partial charge in [-0.3, -0.25) is 14.5 Å². The highest BCUT2D eigenvalue weighted by Crippen LogP contribution is 2.50. The Morgan fingerprint density at radius 3 is 2.73 bits per heavy atom. The Bertz CT molecular complexity index is 1670. The molecule has 5 rings (SSSR count). The molecule has 1 aliphatic carbocycles. The summed E-state index contributed by atoms with van der Waals surface area (Å²) in [5.41, 5.74) is 9.49. The van der Waals surface area contributed by atoms with Gasteiger partial charge in [0.1, 0.15) is 17.5 Å². The molecule has 8 nitrogen and oxygen atoms in total. The van der Waals surface area contributed by atoms with Crippen molar-refractivity contribution in [3.8, 4) is 6.07 Å². The minimum Gasteiger partial charge on any atom is -0.384 e. The second-order valence-electron chi connectivity index (χ2n) is 10.7. The van der Waals surface area contributed by atoms with Gasteiger partial charge < -0.3 is 11.1 Å². The fourth-order valence-electron chi connectivity index (χ4n) is 5.17. The molecule has 0 saturated heterocycles. The summed E-state index contributed by atoms with van der Waals surface area (Å²) in [6.07, 6.45) is 0.866. The number of ketones is 1.